The van der Waals surface area contributed by atoms with Crippen LogP contribution in [-0.2, 0) is 0 Å². The number of unbranched alkanes of at least 4 members (excludes halogenated alkanes) is 2. The van der Waals surface area contributed by atoms with Crippen molar-refractivity contribution in [2.45, 2.75) is 65.2 Å². The summed E-state index contributed by atoms with van der Waals surface area (Å²) in [6.07, 6.45) is 11.6. The van der Waals surface area contributed by atoms with Gasteiger partial charge >= 0.3 is 0 Å². The van der Waals surface area contributed by atoms with Crippen LogP contribution >= 0.6 is 0 Å². The Morgan fingerprint density at radius 2 is 1.62 bits per heavy atom. The maximum absolute atomic E-state index is 2.52. The lowest BCUT2D eigenvalue weighted by Crippen LogP contribution is -2.21. The molecule has 0 aliphatic heterocycles. The average molecular weight is 225 g/mol. The van der Waals surface area contributed by atoms with Gasteiger partial charge in [-0.15, -0.1) is 0 Å². The van der Waals surface area contributed by atoms with E-state index in [4.69, 9.17) is 0 Å². The lowest BCUT2D eigenvalue weighted by Gasteiger charge is -2.16. The highest BCUT2D eigenvalue weighted by Gasteiger charge is 2.19. The fourth-order valence-electron chi connectivity index (χ4n) is 2.27. The van der Waals surface area contributed by atoms with Gasteiger partial charge in [-0.3, -0.25) is 0 Å². The summed E-state index contributed by atoms with van der Waals surface area (Å²) >= 11 is 0. The number of rotatable bonds is 10. The van der Waals surface area contributed by atoms with Crippen LogP contribution in [0.4, 0.5) is 0 Å². The molecule has 0 atom stereocenters. The molecule has 1 rings (SSSR count). The highest BCUT2D eigenvalue weighted by atomic mass is 15.1. The van der Waals surface area contributed by atoms with Crippen LogP contribution in [-0.4, -0.2) is 25.0 Å². The van der Waals surface area contributed by atoms with Crippen molar-refractivity contribution in [3.8, 4) is 0 Å². The molecule has 0 spiro atoms. The van der Waals surface area contributed by atoms with Gasteiger partial charge in [-0.2, -0.15) is 0 Å². The zero-order valence-electron chi connectivity index (χ0n) is 11.7. The Morgan fingerprint density at radius 1 is 1.00 bits per heavy atom. The third-order valence-corrected chi connectivity index (χ3v) is 3.67. The largest absolute Gasteiger partial charge is 0.306 e. The Balaban J connectivity index is 1.79. The molecule has 96 valence electrons. The minimum Gasteiger partial charge on any atom is -0.306 e. The molecule has 1 saturated carbocycles. The van der Waals surface area contributed by atoms with Gasteiger partial charge < -0.3 is 4.90 Å². The molecule has 0 saturated heterocycles. The first-order valence-electron chi connectivity index (χ1n) is 7.37. The molecule has 1 fully saturated rings. The molecule has 0 aromatic rings. The van der Waals surface area contributed by atoms with E-state index in [9.17, 15) is 0 Å². The second-order valence-corrected chi connectivity index (χ2v) is 6.13. The molecular formula is C15H31N. The molecule has 0 N–H and O–H groups in total. The van der Waals surface area contributed by atoms with E-state index < -0.39 is 0 Å². The number of hydrogen-bond acceptors (Lipinski definition) is 1. The highest BCUT2D eigenvalue weighted by Crippen LogP contribution is 2.33. The van der Waals surface area contributed by atoms with Crippen molar-refractivity contribution < 1.29 is 0 Å². The van der Waals surface area contributed by atoms with Crippen LogP contribution in [0.5, 0.6) is 0 Å². The molecule has 1 aliphatic carbocycles. The molecule has 1 heteroatoms. The molecule has 0 aromatic heterocycles. The van der Waals surface area contributed by atoms with Gasteiger partial charge in [0.05, 0.1) is 0 Å². The van der Waals surface area contributed by atoms with Crippen molar-refractivity contribution >= 4 is 0 Å². The molecule has 0 unspecified atom stereocenters. The zero-order chi connectivity index (χ0) is 11.8. The van der Waals surface area contributed by atoms with E-state index >= 15 is 0 Å². The summed E-state index contributed by atoms with van der Waals surface area (Å²) in [5.41, 5.74) is 0. The molecule has 0 heterocycles. The van der Waals surface area contributed by atoms with Crippen LogP contribution in [0.1, 0.15) is 65.2 Å². The predicted molar refractivity (Wildman–Crippen MR) is 72.8 cm³/mol. The normalized spacial score (nSPS) is 16.3. The van der Waals surface area contributed by atoms with Crippen molar-refractivity contribution in [3.63, 3.8) is 0 Å². The summed E-state index contributed by atoms with van der Waals surface area (Å²) in [7, 11) is 2.28. The molecule has 0 radical (unpaired) electrons. The molecule has 0 bridgehead atoms. The monoisotopic (exact) mass is 225 g/mol. The highest BCUT2D eigenvalue weighted by molar-refractivity contribution is 4.72. The standard InChI is InChI=1S/C15H31N/c1-14(2)8-4-6-12-16(3)13-7-5-9-15-10-11-15/h14-15H,4-13H2,1-3H3. The molecular weight excluding hydrogens is 194 g/mol. The first-order valence-corrected chi connectivity index (χ1v) is 7.37. The SMILES string of the molecule is CC(C)CCCCN(C)CCCCC1CC1. The maximum Gasteiger partial charge on any atom is -0.00218 e. The van der Waals surface area contributed by atoms with Gasteiger partial charge in [0.25, 0.3) is 0 Å². The Bertz CT molecular complexity index is 151. The van der Waals surface area contributed by atoms with Gasteiger partial charge in [-0.1, -0.05) is 52.4 Å². The summed E-state index contributed by atoms with van der Waals surface area (Å²) in [5.74, 6) is 2.00. The minimum atomic E-state index is 0.879. The first kappa shape index (κ1) is 14.0. The fraction of sp³-hybridized carbons (Fsp3) is 1.00. The predicted octanol–water partition coefficient (Wildman–Crippen LogP) is 4.32. The van der Waals surface area contributed by atoms with Gasteiger partial charge in [0, 0.05) is 0 Å². The number of hydrogen-bond donors (Lipinski definition) is 0. The quantitative estimate of drug-likeness (QED) is 0.500. The van der Waals surface area contributed by atoms with Crippen LogP contribution < -0.4 is 0 Å². The lowest BCUT2D eigenvalue weighted by molar-refractivity contribution is 0.311. The van der Waals surface area contributed by atoms with E-state index in [0.717, 1.165) is 11.8 Å². The van der Waals surface area contributed by atoms with Crippen LogP contribution in [0, 0.1) is 11.8 Å². The van der Waals surface area contributed by atoms with Gasteiger partial charge in [-0.25, -0.2) is 0 Å². The van der Waals surface area contributed by atoms with E-state index in [1.807, 2.05) is 0 Å². The third kappa shape index (κ3) is 8.15. The van der Waals surface area contributed by atoms with Crippen LogP contribution in [0.15, 0.2) is 0 Å². The minimum absolute atomic E-state index is 0.879. The summed E-state index contributed by atoms with van der Waals surface area (Å²) < 4.78 is 0. The van der Waals surface area contributed by atoms with Crippen molar-refractivity contribution in [3.05, 3.63) is 0 Å². The summed E-state index contributed by atoms with van der Waals surface area (Å²) in [4.78, 5) is 2.52. The Kier molecular flexibility index (Phi) is 7.11. The maximum atomic E-state index is 2.52. The third-order valence-electron chi connectivity index (χ3n) is 3.67. The van der Waals surface area contributed by atoms with Crippen LogP contribution in [0.3, 0.4) is 0 Å². The van der Waals surface area contributed by atoms with E-state index in [1.54, 1.807) is 0 Å². The molecule has 1 nitrogen and oxygen atoms in total. The van der Waals surface area contributed by atoms with Gasteiger partial charge in [-0.05, 0) is 44.8 Å². The summed E-state index contributed by atoms with van der Waals surface area (Å²) in [5, 5.41) is 0. The topological polar surface area (TPSA) is 3.24 Å². The van der Waals surface area contributed by atoms with Crippen molar-refractivity contribution in [2.75, 3.05) is 20.1 Å². The van der Waals surface area contributed by atoms with E-state index in [-0.39, 0.29) is 0 Å². The van der Waals surface area contributed by atoms with Gasteiger partial charge in [0.2, 0.25) is 0 Å². The van der Waals surface area contributed by atoms with E-state index in [1.165, 1.54) is 64.5 Å². The lowest BCUT2D eigenvalue weighted by atomic mass is 10.1. The number of nitrogens with zero attached hydrogens (tertiary/aromatic N) is 1. The van der Waals surface area contributed by atoms with Crippen molar-refractivity contribution in [2.24, 2.45) is 11.8 Å². The zero-order valence-corrected chi connectivity index (χ0v) is 11.7. The average Bonchev–Trinajstić information content (AvgIpc) is 3.03. The smallest absolute Gasteiger partial charge is 0.00218 e. The summed E-state index contributed by atoms with van der Waals surface area (Å²) in [6.45, 7) is 7.26. The van der Waals surface area contributed by atoms with E-state index in [0.29, 0.717) is 0 Å². The summed E-state index contributed by atoms with van der Waals surface area (Å²) in [6, 6.07) is 0. The van der Waals surface area contributed by atoms with E-state index in [2.05, 4.69) is 25.8 Å². The van der Waals surface area contributed by atoms with Gasteiger partial charge in [0.1, 0.15) is 0 Å². The second-order valence-electron chi connectivity index (χ2n) is 6.13. The van der Waals surface area contributed by atoms with Crippen LogP contribution in [0.25, 0.3) is 0 Å². The second kappa shape index (κ2) is 8.11. The fourth-order valence-corrected chi connectivity index (χ4v) is 2.27. The Morgan fingerprint density at radius 3 is 2.19 bits per heavy atom. The van der Waals surface area contributed by atoms with Gasteiger partial charge in [0.15, 0.2) is 0 Å². The van der Waals surface area contributed by atoms with Crippen molar-refractivity contribution in [1.82, 2.24) is 4.90 Å². The Hall–Kier alpha value is -0.0400. The molecule has 0 amide bonds. The molecule has 1 aliphatic rings. The van der Waals surface area contributed by atoms with Crippen LogP contribution in [0.2, 0.25) is 0 Å². The first-order chi connectivity index (χ1) is 7.68. The Labute approximate surface area is 103 Å². The van der Waals surface area contributed by atoms with Crippen molar-refractivity contribution in [1.29, 1.82) is 0 Å². The molecule has 0 aromatic carbocycles. The molecule has 16 heavy (non-hydrogen) atoms.